The summed E-state index contributed by atoms with van der Waals surface area (Å²) in [7, 11) is 0. The average Bonchev–Trinajstić information content (AvgIpc) is 1.99. The van der Waals surface area contributed by atoms with Crippen molar-refractivity contribution in [3.8, 4) is 0 Å². The minimum Gasteiger partial charge on any atom is -0.480 e. The Morgan fingerprint density at radius 1 is 1.58 bits per heavy atom. The predicted molar refractivity (Wildman–Crippen MR) is 38.8 cm³/mol. The fraction of sp³-hybridized carbons (Fsp3) is 0.833. The molecule has 1 atom stereocenters. The molecule has 0 amide bonds. The largest absolute Gasteiger partial charge is 0.480 e. The van der Waals surface area contributed by atoms with Crippen LogP contribution < -0.4 is 11.5 Å². The standard InChI is InChI=1S/C6H12F2N2O2/c7-4(8)6(10,5(11)12)2-1-3-9/h4H,1-3,9-10H2,(H,11,12)/t6-/m0/s1. The molecular formula is C6H12F2N2O2. The lowest BCUT2D eigenvalue weighted by Crippen LogP contribution is -2.54. The van der Waals surface area contributed by atoms with Gasteiger partial charge in [0.15, 0.2) is 5.54 Å². The first kappa shape index (κ1) is 11.2. The fourth-order valence-electron chi connectivity index (χ4n) is 0.704. The Labute approximate surface area is 68.5 Å². The Kier molecular flexibility index (Phi) is 4.05. The number of hydrogen-bond acceptors (Lipinski definition) is 3. The van der Waals surface area contributed by atoms with Crippen LogP contribution in [0.25, 0.3) is 0 Å². The van der Waals surface area contributed by atoms with Gasteiger partial charge in [0.05, 0.1) is 0 Å². The lowest BCUT2D eigenvalue weighted by atomic mass is 9.95. The maximum Gasteiger partial charge on any atom is 0.329 e. The first-order valence-corrected chi connectivity index (χ1v) is 3.45. The normalized spacial score (nSPS) is 16.1. The van der Waals surface area contributed by atoms with Gasteiger partial charge in [-0.1, -0.05) is 0 Å². The second-order valence-electron chi connectivity index (χ2n) is 2.54. The number of nitrogens with two attached hydrogens (primary N) is 2. The van der Waals surface area contributed by atoms with Crippen molar-refractivity contribution in [2.75, 3.05) is 6.54 Å². The van der Waals surface area contributed by atoms with Crippen LogP contribution in [0.1, 0.15) is 12.8 Å². The van der Waals surface area contributed by atoms with E-state index in [0.29, 0.717) is 0 Å². The van der Waals surface area contributed by atoms with E-state index in [1.54, 1.807) is 0 Å². The first-order chi connectivity index (χ1) is 5.45. The highest BCUT2D eigenvalue weighted by Gasteiger charge is 2.42. The van der Waals surface area contributed by atoms with E-state index in [2.05, 4.69) is 0 Å². The van der Waals surface area contributed by atoms with E-state index >= 15 is 0 Å². The van der Waals surface area contributed by atoms with Gasteiger partial charge >= 0.3 is 5.97 Å². The molecule has 0 spiro atoms. The van der Waals surface area contributed by atoms with Crippen LogP contribution in [0, 0.1) is 0 Å². The van der Waals surface area contributed by atoms with Crippen LogP contribution in [-0.4, -0.2) is 29.6 Å². The van der Waals surface area contributed by atoms with Crippen molar-refractivity contribution >= 4 is 5.97 Å². The van der Waals surface area contributed by atoms with E-state index < -0.39 is 17.9 Å². The molecule has 0 fully saturated rings. The van der Waals surface area contributed by atoms with Gasteiger partial charge < -0.3 is 16.6 Å². The van der Waals surface area contributed by atoms with E-state index in [0.717, 1.165) is 0 Å². The van der Waals surface area contributed by atoms with Crippen LogP contribution in [0.4, 0.5) is 8.78 Å². The molecule has 0 aliphatic rings. The smallest absolute Gasteiger partial charge is 0.329 e. The minimum atomic E-state index is -3.07. The zero-order chi connectivity index (χ0) is 9.78. The quantitative estimate of drug-likeness (QED) is 0.548. The zero-order valence-corrected chi connectivity index (χ0v) is 6.46. The predicted octanol–water partition coefficient (Wildman–Crippen LogP) is -0.227. The summed E-state index contributed by atoms with van der Waals surface area (Å²) in [5.41, 5.74) is 7.56. The van der Waals surface area contributed by atoms with E-state index in [9.17, 15) is 13.6 Å². The molecule has 0 aliphatic heterocycles. The summed E-state index contributed by atoms with van der Waals surface area (Å²) in [6, 6.07) is 0. The third-order valence-corrected chi connectivity index (χ3v) is 1.58. The maximum atomic E-state index is 12.1. The van der Waals surface area contributed by atoms with Gasteiger partial charge in [-0.3, -0.25) is 0 Å². The number of hydrogen-bond donors (Lipinski definition) is 3. The summed E-state index contributed by atoms with van der Waals surface area (Å²) in [4.78, 5) is 10.3. The molecule has 0 radical (unpaired) electrons. The highest BCUT2D eigenvalue weighted by molar-refractivity contribution is 5.79. The van der Waals surface area contributed by atoms with Crippen LogP contribution in [0.5, 0.6) is 0 Å². The molecule has 0 heterocycles. The summed E-state index contributed by atoms with van der Waals surface area (Å²) in [5, 5.41) is 8.38. The Bertz CT molecular complexity index is 166. The molecule has 0 bridgehead atoms. The lowest BCUT2D eigenvalue weighted by Gasteiger charge is -2.22. The Morgan fingerprint density at radius 2 is 2.08 bits per heavy atom. The topological polar surface area (TPSA) is 89.3 Å². The van der Waals surface area contributed by atoms with Crippen molar-refractivity contribution in [1.82, 2.24) is 0 Å². The molecule has 4 nitrogen and oxygen atoms in total. The van der Waals surface area contributed by atoms with E-state index in [-0.39, 0.29) is 19.4 Å². The van der Waals surface area contributed by atoms with Gasteiger partial charge in [-0.25, -0.2) is 13.6 Å². The summed E-state index contributed by atoms with van der Waals surface area (Å²) >= 11 is 0. The number of carbonyl (C=O) groups is 1. The molecule has 72 valence electrons. The van der Waals surface area contributed by atoms with Gasteiger partial charge in [-0.05, 0) is 19.4 Å². The van der Waals surface area contributed by atoms with Crippen LogP contribution in [-0.2, 0) is 4.79 Å². The van der Waals surface area contributed by atoms with Crippen molar-refractivity contribution in [3.63, 3.8) is 0 Å². The molecule has 0 aromatic rings. The summed E-state index contributed by atoms with van der Waals surface area (Å²) in [6.07, 6.45) is -3.20. The van der Waals surface area contributed by atoms with Gasteiger partial charge in [0, 0.05) is 0 Å². The van der Waals surface area contributed by atoms with Crippen molar-refractivity contribution < 1.29 is 18.7 Å². The van der Waals surface area contributed by atoms with Gasteiger partial charge in [0.25, 0.3) is 6.43 Å². The van der Waals surface area contributed by atoms with E-state index in [1.807, 2.05) is 0 Å². The fourth-order valence-corrected chi connectivity index (χ4v) is 0.704. The molecular weight excluding hydrogens is 170 g/mol. The van der Waals surface area contributed by atoms with Crippen LogP contribution in [0.3, 0.4) is 0 Å². The molecule has 0 aliphatic carbocycles. The number of aliphatic carboxylic acids is 1. The van der Waals surface area contributed by atoms with E-state index in [4.69, 9.17) is 16.6 Å². The van der Waals surface area contributed by atoms with E-state index in [1.165, 1.54) is 0 Å². The highest BCUT2D eigenvalue weighted by atomic mass is 19.3. The Balaban J connectivity index is 4.29. The molecule has 0 rings (SSSR count). The summed E-state index contributed by atoms with van der Waals surface area (Å²) < 4.78 is 24.2. The van der Waals surface area contributed by atoms with Crippen LogP contribution >= 0.6 is 0 Å². The molecule has 0 aromatic heterocycles. The number of alkyl halides is 2. The Morgan fingerprint density at radius 3 is 2.33 bits per heavy atom. The van der Waals surface area contributed by atoms with Gasteiger partial charge in [0.1, 0.15) is 0 Å². The number of halogens is 2. The van der Waals surface area contributed by atoms with Gasteiger partial charge in [0.2, 0.25) is 0 Å². The number of carboxylic acid groups (broad SMARTS) is 1. The SMILES string of the molecule is NCCC[C@@](N)(C(=O)O)C(F)F. The third kappa shape index (κ3) is 2.38. The molecule has 12 heavy (non-hydrogen) atoms. The summed E-state index contributed by atoms with van der Waals surface area (Å²) in [5.74, 6) is -1.69. The monoisotopic (exact) mass is 182 g/mol. The van der Waals surface area contributed by atoms with Gasteiger partial charge in [-0.15, -0.1) is 0 Å². The molecule has 0 unspecified atom stereocenters. The summed E-state index contributed by atoms with van der Waals surface area (Å²) in [6.45, 7) is 0.152. The van der Waals surface area contributed by atoms with Crippen LogP contribution in [0.2, 0.25) is 0 Å². The average molecular weight is 182 g/mol. The lowest BCUT2D eigenvalue weighted by molar-refractivity contribution is -0.150. The van der Waals surface area contributed by atoms with Gasteiger partial charge in [-0.2, -0.15) is 0 Å². The molecule has 5 N–H and O–H groups in total. The number of rotatable bonds is 5. The van der Waals surface area contributed by atoms with Crippen molar-refractivity contribution in [3.05, 3.63) is 0 Å². The number of carboxylic acids is 1. The first-order valence-electron chi connectivity index (χ1n) is 3.45. The highest BCUT2D eigenvalue weighted by Crippen LogP contribution is 2.18. The molecule has 0 aromatic carbocycles. The molecule has 0 saturated heterocycles. The second-order valence-corrected chi connectivity index (χ2v) is 2.54. The van der Waals surface area contributed by atoms with Crippen molar-refractivity contribution in [2.24, 2.45) is 11.5 Å². The minimum absolute atomic E-state index is 0.152. The van der Waals surface area contributed by atoms with Crippen LogP contribution in [0.15, 0.2) is 0 Å². The Hall–Kier alpha value is -0.750. The molecule has 6 heteroatoms. The van der Waals surface area contributed by atoms with Crippen molar-refractivity contribution in [1.29, 1.82) is 0 Å². The third-order valence-electron chi connectivity index (χ3n) is 1.58. The molecule has 0 saturated carbocycles. The maximum absolute atomic E-state index is 12.1. The second kappa shape index (κ2) is 4.32. The van der Waals surface area contributed by atoms with Crippen molar-refractivity contribution in [2.45, 2.75) is 24.8 Å². The zero-order valence-electron chi connectivity index (χ0n) is 6.46.